The van der Waals surface area contributed by atoms with Gasteiger partial charge in [0.15, 0.2) is 0 Å². The van der Waals surface area contributed by atoms with Crippen molar-refractivity contribution in [3.8, 4) is 0 Å². The van der Waals surface area contributed by atoms with E-state index in [1.807, 2.05) is 13.0 Å². The van der Waals surface area contributed by atoms with Gasteiger partial charge in [-0.25, -0.2) is 8.78 Å². The Hall–Kier alpha value is -2.25. The van der Waals surface area contributed by atoms with Gasteiger partial charge in [-0.05, 0) is 44.3 Å². The van der Waals surface area contributed by atoms with Crippen LogP contribution < -0.4 is 0 Å². The third kappa shape index (κ3) is 47.0. The van der Waals surface area contributed by atoms with Gasteiger partial charge in [-0.2, -0.15) is 0 Å². The highest BCUT2D eigenvalue weighted by Gasteiger charge is 2.23. The maximum atomic E-state index is 13.3. The molecule has 0 aromatic rings. The number of hydrogen-bond donors (Lipinski definition) is 1. The molecule has 0 bridgehead atoms. The van der Waals surface area contributed by atoms with Crippen molar-refractivity contribution in [2.24, 2.45) is 0 Å². The zero-order chi connectivity index (χ0) is 29.5. The van der Waals surface area contributed by atoms with Gasteiger partial charge in [-0.15, -0.1) is 0 Å². The van der Waals surface area contributed by atoms with Crippen molar-refractivity contribution in [2.45, 2.75) is 143 Å². The normalized spacial score (nSPS) is 10.9. The lowest BCUT2D eigenvalue weighted by Gasteiger charge is -2.11. The number of alkyl halides is 2. The van der Waals surface area contributed by atoms with E-state index in [-0.39, 0.29) is 18.4 Å². The molecule has 0 radical (unpaired) electrons. The molecule has 224 valence electrons. The second kappa shape index (κ2) is 31.0. The summed E-state index contributed by atoms with van der Waals surface area (Å²) in [5, 5.41) is 7.42. The Labute approximate surface area is 230 Å². The molecule has 38 heavy (non-hydrogen) atoms. The minimum atomic E-state index is -2.68. The molecule has 0 aliphatic rings. The highest BCUT2D eigenvalue weighted by atomic mass is 19.3. The molecule has 6 nitrogen and oxygen atoms in total. The van der Waals surface area contributed by atoms with Crippen LogP contribution in [0.15, 0.2) is 24.5 Å². The molecule has 0 heterocycles. The van der Waals surface area contributed by atoms with E-state index >= 15 is 0 Å². The monoisotopic (exact) mass is 548 g/mol. The largest absolute Gasteiger partial charge is 0.481 e. The molecule has 0 rings (SSSR count). The van der Waals surface area contributed by atoms with Crippen LogP contribution in [0.2, 0.25) is 0 Å². The van der Waals surface area contributed by atoms with Gasteiger partial charge in [0.2, 0.25) is 0 Å². The molecule has 0 unspecified atom stereocenters. The number of halogens is 2. The molecule has 0 aliphatic heterocycles. The molecular weight excluding hydrogens is 494 g/mol. The number of aliphatic carboxylic acids is 1. The fraction of sp³-hybridized carbons (Fsp3) is 0.767. The third-order valence-corrected chi connectivity index (χ3v) is 5.08. The number of hydrogen-bond acceptors (Lipinski definition) is 5. The van der Waals surface area contributed by atoms with Gasteiger partial charge < -0.3 is 14.6 Å². The standard InChI is InChI=1S/C14H24F2O2.C14H26O2.C2H4O2/c1-3-4-7-10-14(15,16)11-8-5-6-9-12-18-13(2)17;1-3-4-5-6-7-8-9-10-11-12-13-16-14(2)15;1-2(3)4/h7,10H,3-6,8-9,11-12H2,1-2H3;12-13H,3-11H2,1-2H3;1H3,(H,3,4)/b;13-12-;. The van der Waals surface area contributed by atoms with Crippen LogP contribution >= 0.6 is 0 Å². The summed E-state index contributed by atoms with van der Waals surface area (Å²) >= 11 is 0. The summed E-state index contributed by atoms with van der Waals surface area (Å²) in [6, 6.07) is 0. The van der Waals surface area contributed by atoms with Crippen LogP contribution in [0.4, 0.5) is 8.78 Å². The first-order chi connectivity index (χ1) is 18.0. The fourth-order valence-electron chi connectivity index (χ4n) is 3.15. The van der Waals surface area contributed by atoms with Crippen molar-refractivity contribution in [1.82, 2.24) is 0 Å². The molecule has 0 amide bonds. The molecule has 0 fully saturated rings. The number of unbranched alkanes of at least 4 members (excludes halogenated alkanes) is 12. The van der Waals surface area contributed by atoms with E-state index in [1.165, 1.54) is 71.5 Å². The lowest BCUT2D eigenvalue weighted by molar-refractivity contribution is -0.141. The van der Waals surface area contributed by atoms with Crippen molar-refractivity contribution >= 4 is 17.9 Å². The van der Waals surface area contributed by atoms with Gasteiger partial charge in [-0.3, -0.25) is 14.4 Å². The Bertz CT molecular complexity index is 614. The van der Waals surface area contributed by atoms with Gasteiger partial charge in [-0.1, -0.05) is 84.1 Å². The fourth-order valence-corrected chi connectivity index (χ4v) is 3.15. The number of carbonyl (C=O) groups excluding carboxylic acids is 2. The van der Waals surface area contributed by atoms with Crippen LogP contribution in [-0.4, -0.2) is 35.5 Å². The third-order valence-electron chi connectivity index (χ3n) is 5.08. The van der Waals surface area contributed by atoms with Crippen LogP contribution in [0.3, 0.4) is 0 Å². The van der Waals surface area contributed by atoms with Crippen molar-refractivity contribution in [3.05, 3.63) is 24.5 Å². The summed E-state index contributed by atoms with van der Waals surface area (Å²) in [7, 11) is 0. The summed E-state index contributed by atoms with van der Waals surface area (Å²) in [5.41, 5.74) is 0. The molecule has 0 aromatic heterocycles. The number of rotatable bonds is 20. The molecule has 0 atom stereocenters. The van der Waals surface area contributed by atoms with Gasteiger partial charge in [0, 0.05) is 27.2 Å². The summed E-state index contributed by atoms with van der Waals surface area (Å²) in [5.74, 6) is -4.04. The Morgan fingerprint density at radius 2 is 1.24 bits per heavy atom. The molecule has 0 aromatic carbocycles. The van der Waals surface area contributed by atoms with E-state index in [0.717, 1.165) is 45.1 Å². The number of carbonyl (C=O) groups is 3. The van der Waals surface area contributed by atoms with E-state index < -0.39 is 11.9 Å². The predicted octanol–water partition coefficient (Wildman–Crippen LogP) is 9.18. The van der Waals surface area contributed by atoms with Gasteiger partial charge in [0.1, 0.15) is 0 Å². The summed E-state index contributed by atoms with van der Waals surface area (Å²) in [6.45, 7) is 8.47. The van der Waals surface area contributed by atoms with Crippen molar-refractivity contribution < 1.29 is 37.7 Å². The lowest BCUT2D eigenvalue weighted by atomic mass is 10.1. The number of allylic oxidation sites excluding steroid dienone is 3. The second-order valence-corrected chi connectivity index (χ2v) is 9.22. The lowest BCUT2D eigenvalue weighted by Crippen LogP contribution is -2.11. The summed E-state index contributed by atoms with van der Waals surface area (Å²) in [6.07, 6.45) is 22.0. The minimum Gasteiger partial charge on any atom is -0.481 e. The van der Waals surface area contributed by atoms with Crippen LogP contribution in [0.5, 0.6) is 0 Å². The minimum absolute atomic E-state index is 0.0964. The Morgan fingerprint density at radius 3 is 1.76 bits per heavy atom. The molecular formula is C30H54F2O6. The maximum Gasteiger partial charge on any atom is 0.307 e. The topological polar surface area (TPSA) is 89.9 Å². The van der Waals surface area contributed by atoms with Crippen molar-refractivity contribution in [1.29, 1.82) is 0 Å². The van der Waals surface area contributed by atoms with E-state index in [1.54, 1.807) is 6.08 Å². The number of esters is 2. The second-order valence-electron chi connectivity index (χ2n) is 9.22. The number of carboxylic acids is 1. The van der Waals surface area contributed by atoms with Crippen LogP contribution in [0, 0.1) is 0 Å². The van der Waals surface area contributed by atoms with Crippen LogP contribution in [-0.2, 0) is 23.9 Å². The Balaban J connectivity index is -0.000000567. The van der Waals surface area contributed by atoms with Crippen LogP contribution in [0.25, 0.3) is 0 Å². The van der Waals surface area contributed by atoms with Gasteiger partial charge >= 0.3 is 11.9 Å². The number of ether oxygens (including phenoxy) is 2. The van der Waals surface area contributed by atoms with E-state index in [4.69, 9.17) is 19.4 Å². The molecule has 0 spiro atoms. The van der Waals surface area contributed by atoms with E-state index in [9.17, 15) is 18.4 Å². The first-order valence-electron chi connectivity index (χ1n) is 14.2. The molecule has 0 saturated heterocycles. The first-order valence-corrected chi connectivity index (χ1v) is 14.2. The highest BCUT2D eigenvalue weighted by molar-refractivity contribution is 5.66. The average molecular weight is 549 g/mol. The van der Waals surface area contributed by atoms with Gasteiger partial charge in [0.25, 0.3) is 11.9 Å². The Morgan fingerprint density at radius 1 is 0.711 bits per heavy atom. The first kappa shape index (κ1) is 40.2. The average Bonchev–Trinajstić information content (AvgIpc) is 2.81. The quantitative estimate of drug-likeness (QED) is 0.0706. The van der Waals surface area contributed by atoms with E-state index in [2.05, 4.69) is 6.92 Å². The summed E-state index contributed by atoms with van der Waals surface area (Å²) < 4.78 is 36.0. The maximum absolute atomic E-state index is 13.3. The number of carboxylic acid groups (broad SMARTS) is 1. The van der Waals surface area contributed by atoms with Crippen molar-refractivity contribution in [3.63, 3.8) is 0 Å². The van der Waals surface area contributed by atoms with Crippen LogP contribution in [0.1, 0.15) is 137 Å². The predicted molar refractivity (Wildman–Crippen MR) is 150 cm³/mol. The zero-order valence-corrected chi connectivity index (χ0v) is 24.6. The van der Waals surface area contributed by atoms with Gasteiger partial charge in [0.05, 0.1) is 12.9 Å². The van der Waals surface area contributed by atoms with E-state index in [0.29, 0.717) is 19.4 Å². The zero-order valence-electron chi connectivity index (χ0n) is 24.6. The summed E-state index contributed by atoms with van der Waals surface area (Å²) in [4.78, 5) is 29.9. The highest BCUT2D eigenvalue weighted by Crippen LogP contribution is 2.24. The molecule has 0 aliphatic carbocycles. The smallest absolute Gasteiger partial charge is 0.307 e. The van der Waals surface area contributed by atoms with Crippen molar-refractivity contribution in [2.75, 3.05) is 6.61 Å². The SMILES string of the molecule is CC(=O)O.CCCC=CC(F)(F)CCCCCCOC(C)=O.CCCCCCCCCC/C=C\OC(C)=O. The molecule has 8 heteroatoms. The Kier molecular flexibility index (Phi) is 32.8. The molecule has 1 N–H and O–H groups in total. The molecule has 0 saturated carbocycles.